The lowest BCUT2D eigenvalue weighted by Crippen LogP contribution is -2.15. The van der Waals surface area contributed by atoms with Crippen LogP contribution in [0.4, 0.5) is 0 Å². The minimum absolute atomic E-state index is 0.139. The summed E-state index contributed by atoms with van der Waals surface area (Å²) in [5.41, 5.74) is 17.3. The van der Waals surface area contributed by atoms with Gasteiger partial charge in [-0.25, -0.2) is 9.97 Å². The van der Waals surface area contributed by atoms with Crippen molar-refractivity contribution in [3.05, 3.63) is 217 Å². The zero-order valence-electron chi connectivity index (χ0n) is 33.0. The molecular formula is C57H40N2. The number of nitrogens with zero attached hydrogens (tertiary/aromatic N) is 2. The van der Waals surface area contributed by atoms with Gasteiger partial charge in [-0.2, -0.15) is 0 Å². The Morgan fingerprint density at radius 1 is 0.322 bits per heavy atom. The van der Waals surface area contributed by atoms with Gasteiger partial charge < -0.3 is 0 Å². The molecule has 0 saturated carbocycles. The third-order valence-corrected chi connectivity index (χ3v) is 12.3. The van der Waals surface area contributed by atoms with Gasteiger partial charge in [-0.15, -0.1) is 0 Å². The van der Waals surface area contributed by atoms with Crippen LogP contribution in [0.3, 0.4) is 0 Å². The first-order chi connectivity index (χ1) is 29.0. The highest BCUT2D eigenvalue weighted by Crippen LogP contribution is 2.52. The minimum Gasteiger partial charge on any atom is -0.228 e. The zero-order valence-corrected chi connectivity index (χ0v) is 33.0. The summed E-state index contributed by atoms with van der Waals surface area (Å²) in [5.74, 6) is 0.704. The molecule has 0 N–H and O–H groups in total. The predicted octanol–water partition coefficient (Wildman–Crippen LogP) is 15.1. The Morgan fingerprint density at radius 2 is 0.847 bits per heavy atom. The summed E-state index contributed by atoms with van der Waals surface area (Å²) in [6.45, 7) is 4.75. The normalized spacial score (nSPS) is 12.7. The van der Waals surface area contributed by atoms with Crippen molar-refractivity contribution in [1.82, 2.24) is 9.97 Å². The van der Waals surface area contributed by atoms with Crippen molar-refractivity contribution in [2.24, 2.45) is 0 Å². The summed E-state index contributed by atoms with van der Waals surface area (Å²) in [7, 11) is 0. The zero-order chi connectivity index (χ0) is 39.5. The summed E-state index contributed by atoms with van der Waals surface area (Å²) < 4.78 is 0. The van der Waals surface area contributed by atoms with E-state index in [0.29, 0.717) is 5.82 Å². The number of aromatic nitrogens is 2. The maximum absolute atomic E-state index is 5.41. The first-order valence-electron chi connectivity index (χ1n) is 20.4. The van der Waals surface area contributed by atoms with Gasteiger partial charge in [0.1, 0.15) is 0 Å². The second-order valence-corrected chi connectivity index (χ2v) is 16.1. The van der Waals surface area contributed by atoms with Gasteiger partial charge in [-0.3, -0.25) is 0 Å². The minimum atomic E-state index is -0.139. The lowest BCUT2D eigenvalue weighted by molar-refractivity contribution is 0.666. The fraction of sp³-hybridized carbons (Fsp3) is 0.0526. The first kappa shape index (κ1) is 34.8. The molecular weight excluding hydrogens is 713 g/mol. The van der Waals surface area contributed by atoms with Gasteiger partial charge in [0, 0.05) is 22.1 Å². The Labute approximate surface area is 345 Å². The van der Waals surface area contributed by atoms with E-state index < -0.39 is 0 Å². The maximum atomic E-state index is 5.41. The fourth-order valence-electron chi connectivity index (χ4n) is 9.41. The fourth-order valence-corrected chi connectivity index (χ4v) is 9.41. The molecule has 0 saturated heterocycles. The van der Waals surface area contributed by atoms with Crippen LogP contribution in [-0.2, 0) is 5.41 Å². The van der Waals surface area contributed by atoms with E-state index in [1.54, 1.807) is 0 Å². The van der Waals surface area contributed by atoms with Crippen molar-refractivity contribution in [3.63, 3.8) is 0 Å². The Hall–Kier alpha value is -7.42. The lowest BCUT2D eigenvalue weighted by Gasteiger charge is -2.24. The van der Waals surface area contributed by atoms with E-state index in [0.717, 1.165) is 44.6 Å². The maximum Gasteiger partial charge on any atom is 0.161 e. The van der Waals surface area contributed by atoms with Crippen molar-refractivity contribution in [2.75, 3.05) is 0 Å². The van der Waals surface area contributed by atoms with Crippen LogP contribution in [-0.4, -0.2) is 9.97 Å². The summed E-state index contributed by atoms with van der Waals surface area (Å²) in [6, 6.07) is 74.2. The Kier molecular flexibility index (Phi) is 8.20. The molecule has 0 atom stereocenters. The van der Waals surface area contributed by atoms with Crippen LogP contribution in [0, 0.1) is 0 Å². The van der Waals surface area contributed by atoms with Crippen molar-refractivity contribution in [1.29, 1.82) is 0 Å². The molecule has 0 unspecified atom stereocenters. The third kappa shape index (κ3) is 5.87. The quantitative estimate of drug-likeness (QED) is 0.169. The molecule has 0 radical (unpaired) electrons. The summed E-state index contributed by atoms with van der Waals surface area (Å²) in [6.07, 6.45) is 0. The first-order valence-corrected chi connectivity index (χ1v) is 20.4. The number of fused-ring (bicyclic) bond motifs is 6. The molecule has 0 spiro atoms. The second kappa shape index (κ2) is 13.9. The van der Waals surface area contributed by atoms with E-state index in [1.165, 1.54) is 60.7 Å². The standard InChI is InChI=1S/C57H40N2/c1-57(2)52-35-42(30-31-48(52)50-32-29-39-17-9-10-21-45(39)55(50)57)44-33-34-51(47-23-13-12-22-46(44)47)56-58-53(41-18-7-4-8-19-41)36-54(59-56)49-24-14-11-20-43(49)40-27-25-38(26-28-40)37-15-5-3-6-16-37/h3-36H,1-2H3. The van der Waals surface area contributed by atoms with Gasteiger partial charge in [0.25, 0.3) is 0 Å². The number of rotatable bonds is 6. The highest BCUT2D eigenvalue weighted by atomic mass is 14.9. The van der Waals surface area contributed by atoms with Crippen molar-refractivity contribution in [3.8, 4) is 78.4 Å². The van der Waals surface area contributed by atoms with Gasteiger partial charge in [0.2, 0.25) is 0 Å². The highest BCUT2D eigenvalue weighted by Gasteiger charge is 2.37. The van der Waals surface area contributed by atoms with Crippen molar-refractivity contribution in [2.45, 2.75) is 19.3 Å². The summed E-state index contributed by atoms with van der Waals surface area (Å²) in [4.78, 5) is 10.7. The largest absolute Gasteiger partial charge is 0.228 e. The van der Waals surface area contributed by atoms with Crippen LogP contribution >= 0.6 is 0 Å². The van der Waals surface area contributed by atoms with E-state index in [9.17, 15) is 0 Å². The van der Waals surface area contributed by atoms with Crippen LogP contribution in [0.2, 0.25) is 0 Å². The Bertz CT molecular complexity index is 3220. The summed E-state index contributed by atoms with van der Waals surface area (Å²) >= 11 is 0. The summed E-state index contributed by atoms with van der Waals surface area (Å²) in [5, 5.41) is 4.93. The van der Waals surface area contributed by atoms with Crippen LogP contribution in [0.25, 0.3) is 100.0 Å². The van der Waals surface area contributed by atoms with E-state index in [2.05, 4.69) is 214 Å². The molecule has 0 amide bonds. The van der Waals surface area contributed by atoms with Crippen molar-refractivity contribution < 1.29 is 0 Å². The highest BCUT2D eigenvalue weighted by molar-refractivity contribution is 6.05. The van der Waals surface area contributed by atoms with Gasteiger partial charge in [-0.1, -0.05) is 202 Å². The average molecular weight is 753 g/mol. The molecule has 278 valence electrons. The monoisotopic (exact) mass is 752 g/mol. The second-order valence-electron chi connectivity index (χ2n) is 16.1. The number of hydrogen-bond acceptors (Lipinski definition) is 2. The molecule has 2 nitrogen and oxygen atoms in total. The Balaban J connectivity index is 1.04. The van der Waals surface area contributed by atoms with Gasteiger partial charge in [-0.05, 0) is 95.4 Å². The molecule has 11 rings (SSSR count). The van der Waals surface area contributed by atoms with E-state index in [4.69, 9.17) is 9.97 Å². The molecule has 0 bridgehead atoms. The van der Waals surface area contributed by atoms with E-state index in [-0.39, 0.29) is 5.41 Å². The molecule has 0 aliphatic heterocycles. The Morgan fingerprint density at radius 3 is 1.61 bits per heavy atom. The van der Waals surface area contributed by atoms with Gasteiger partial charge >= 0.3 is 0 Å². The van der Waals surface area contributed by atoms with E-state index >= 15 is 0 Å². The molecule has 9 aromatic carbocycles. The van der Waals surface area contributed by atoms with Crippen molar-refractivity contribution >= 4 is 21.5 Å². The molecule has 1 heterocycles. The van der Waals surface area contributed by atoms with Crippen LogP contribution in [0.15, 0.2) is 206 Å². The number of benzene rings is 9. The molecule has 0 fully saturated rings. The van der Waals surface area contributed by atoms with Gasteiger partial charge in [0.15, 0.2) is 5.82 Å². The molecule has 59 heavy (non-hydrogen) atoms. The van der Waals surface area contributed by atoms with E-state index in [1.807, 2.05) is 6.07 Å². The van der Waals surface area contributed by atoms with Crippen LogP contribution in [0.5, 0.6) is 0 Å². The topological polar surface area (TPSA) is 25.8 Å². The molecule has 1 aliphatic rings. The molecule has 10 aromatic rings. The van der Waals surface area contributed by atoms with Crippen LogP contribution in [0.1, 0.15) is 25.0 Å². The smallest absolute Gasteiger partial charge is 0.161 e. The van der Waals surface area contributed by atoms with Gasteiger partial charge in [0.05, 0.1) is 11.4 Å². The number of hydrogen-bond donors (Lipinski definition) is 0. The molecule has 1 aliphatic carbocycles. The SMILES string of the molecule is CC1(C)c2cc(-c3ccc(-c4nc(-c5ccccc5)cc(-c5ccccc5-c5ccc(-c6ccccc6)cc5)n4)c4ccccc34)ccc2-c2ccc3ccccc3c21. The lowest BCUT2D eigenvalue weighted by atomic mass is 9.79. The average Bonchev–Trinajstić information content (AvgIpc) is 3.54. The molecule has 2 heteroatoms. The molecule has 1 aromatic heterocycles. The van der Waals surface area contributed by atoms with Crippen LogP contribution < -0.4 is 0 Å². The predicted molar refractivity (Wildman–Crippen MR) is 247 cm³/mol. The third-order valence-electron chi connectivity index (χ3n) is 12.3.